The lowest BCUT2D eigenvalue weighted by molar-refractivity contribution is -0.149. The predicted molar refractivity (Wildman–Crippen MR) is 55.6 cm³/mol. The van der Waals surface area contributed by atoms with Gasteiger partial charge >= 0.3 is 5.97 Å². The van der Waals surface area contributed by atoms with Gasteiger partial charge in [-0.1, -0.05) is 0 Å². The van der Waals surface area contributed by atoms with E-state index in [9.17, 15) is 14.4 Å². The molecule has 0 aromatic heterocycles. The van der Waals surface area contributed by atoms with E-state index < -0.39 is 17.3 Å². The Hall–Kier alpha value is -1.59. The molecular formula is C10H16N2O4. The second kappa shape index (κ2) is 4.51. The largest absolute Gasteiger partial charge is 0.480 e. The average molecular weight is 228 g/mol. The number of aliphatic carboxylic acids is 1. The van der Waals surface area contributed by atoms with Crippen molar-refractivity contribution < 1.29 is 19.5 Å². The van der Waals surface area contributed by atoms with Crippen LogP contribution in [0.1, 0.15) is 19.3 Å². The summed E-state index contributed by atoms with van der Waals surface area (Å²) >= 11 is 0. The highest BCUT2D eigenvalue weighted by molar-refractivity contribution is 6.04. The molecule has 0 spiro atoms. The Morgan fingerprint density at radius 3 is 2.25 bits per heavy atom. The van der Waals surface area contributed by atoms with Crippen molar-refractivity contribution in [3.05, 3.63) is 0 Å². The van der Waals surface area contributed by atoms with E-state index in [0.717, 1.165) is 0 Å². The number of nitrogens with zero attached hydrogens (tertiary/aromatic N) is 1. The third kappa shape index (κ3) is 2.50. The van der Waals surface area contributed by atoms with E-state index in [1.165, 1.54) is 4.90 Å². The number of nitrogens with one attached hydrogen (secondary N) is 1. The lowest BCUT2D eigenvalue weighted by Gasteiger charge is -2.12. The van der Waals surface area contributed by atoms with Crippen molar-refractivity contribution in [1.29, 1.82) is 0 Å². The zero-order valence-electron chi connectivity index (χ0n) is 9.45. The summed E-state index contributed by atoms with van der Waals surface area (Å²) in [6, 6.07) is 0. The van der Waals surface area contributed by atoms with E-state index in [4.69, 9.17) is 5.11 Å². The number of rotatable bonds is 5. The second-order valence-corrected chi connectivity index (χ2v) is 4.18. The molecule has 0 aliphatic heterocycles. The van der Waals surface area contributed by atoms with E-state index in [1.807, 2.05) is 0 Å². The van der Waals surface area contributed by atoms with Gasteiger partial charge in [-0.3, -0.25) is 14.4 Å². The minimum atomic E-state index is -1.22. The fourth-order valence-electron chi connectivity index (χ4n) is 1.34. The normalized spacial score (nSPS) is 16.4. The Balaban J connectivity index is 2.32. The molecule has 0 atom stereocenters. The molecule has 2 amide bonds. The van der Waals surface area contributed by atoms with E-state index in [0.29, 0.717) is 12.8 Å². The molecule has 6 heteroatoms. The number of carbonyl (C=O) groups is 3. The van der Waals surface area contributed by atoms with Crippen LogP contribution in [0.2, 0.25) is 0 Å². The molecule has 1 rings (SSSR count). The molecule has 0 aromatic carbocycles. The van der Waals surface area contributed by atoms with Gasteiger partial charge in [-0.25, -0.2) is 0 Å². The van der Waals surface area contributed by atoms with Gasteiger partial charge < -0.3 is 15.3 Å². The highest BCUT2D eigenvalue weighted by Crippen LogP contribution is 2.45. The second-order valence-electron chi connectivity index (χ2n) is 4.18. The van der Waals surface area contributed by atoms with Crippen LogP contribution in [0.15, 0.2) is 0 Å². The summed E-state index contributed by atoms with van der Waals surface area (Å²) in [4.78, 5) is 34.9. The van der Waals surface area contributed by atoms with Crippen molar-refractivity contribution in [2.24, 2.45) is 5.41 Å². The zero-order chi connectivity index (χ0) is 12.3. The van der Waals surface area contributed by atoms with Crippen LogP contribution in [-0.4, -0.2) is 48.4 Å². The van der Waals surface area contributed by atoms with Crippen LogP contribution in [0.25, 0.3) is 0 Å². The summed E-state index contributed by atoms with van der Waals surface area (Å²) in [6.07, 6.45) is 0.958. The van der Waals surface area contributed by atoms with Crippen LogP contribution in [0.4, 0.5) is 0 Å². The van der Waals surface area contributed by atoms with Crippen molar-refractivity contribution in [2.75, 3.05) is 20.6 Å². The van der Waals surface area contributed by atoms with E-state index in [-0.39, 0.29) is 18.9 Å². The molecule has 1 saturated carbocycles. The van der Waals surface area contributed by atoms with Gasteiger partial charge in [0, 0.05) is 27.1 Å². The molecule has 1 fully saturated rings. The van der Waals surface area contributed by atoms with Gasteiger partial charge in [-0.2, -0.15) is 0 Å². The van der Waals surface area contributed by atoms with Crippen molar-refractivity contribution in [2.45, 2.75) is 19.3 Å². The molecule has 0 heterocycles. The molecular weight excluding hydrogens is 212 g/mol. The maximum absolute atomic E-state index is 11.5. The third-order valence-corrected chi connectivity index (χ3v) is 2.72. The van der Waals surface area contributed by atoms with Crippen molar-refractivity contribution in [1.82, 2.24) is 10.2 Å². The lowest BCUT2D eigenvalue weighted by atomic mass is 10.1. The van der Waals surface area contributed by atoms with Crippen molar-refractivity contribution in [3.8, 4) is 0 Å². The van der Waals surface area contributed by atoms with Crippen LogP contribution in [-0.2, 0) is 14.4 Å². The quantitative estimate of drug-likeness (QED) is 0.618. The first-order chi connectivity index (χ1) is 7.40. The molecule has 0 aromatic rings. The standard InChI is InChI=1S/C10H16N2O4/c1-12(2)7(13)3-6-11-8(14)10(4-5-10)9(15)16/h3-6H2,1-2H3,(H,11,14)(H,15,16). The number of carbonyl (C=O) groups excluding carboxylic acids is 2. The van der Waals surface area contributed by atoms with Gasteiger partial charge in [0.15, 0.2) is 0 Å². The summed E-state index contributed by atoms with van der Waals surface area (Å²) in [5, 5.41) is 11.3. The fraction of sp³-hybridized carbons (Fsp3) is 0.700. The molecule has 6 nitrogen and oxygen atoms in total. The molecule has 2 N–H and O–H groups in total. The maximum Gasteiger partial charge on any atom is 0.319 e. The minimum absolute atomic E-state index is 0.0968. The maximum atomic E-state index is 11.5. The third-order valence-electron chi connectivity index (χ3n) is 2.72. The summed E-state index contributed by atoms with van der Waals surface area (Å²) < 4.78 is 0. The summed E-state index contributed by atoms with van der Waals surface area (Å²) in [7, 11) is 3.26. The van der Waals surface area contributed by atoms with Crippen LogP contribution in [0.3, 0.4) is 0 Å². The van der Waals surface area contributed by atoms with Gasteiger partial charge in [-0.05, 0) is 12.8 Å². The highest BCUT2D eigenvalue weighted by atomic mass is 16.4. The average Bonchev–Trinajstić information content (AvgIpc) is 2.97. The molecule has 0 saturated heterocycles. The van der Waals surface area contributed by atoms with Crippen LogP contribution in [0.5, 0.6) is 0 Å². The van der Waals surface area contributed by atoms with Gasteiger partial charge in [0.2, 0.25) is 11.8 Å². The molecule has 1 aliphatic rings. The Morgan fingerprint density at radius 2 is 1.88 bits per heavy atom. The number of carboxylic acid groups (broad SMARTS) is 1. The Labute approximate surface area is 93.6 Å². The topological polar surface area (TPSA) is 86.7 Å². The number of hydrogen-bond donors (Lipinski definition) is 2. The smallest absolute Gasteiger partial charge is 0.319 e. The first kappa shape index (κ1) is 12.5. The summed E-state index contributed by atoms with van der Waals surface area (Å²) in [6.45, 7) is 0.185. The van der Waals surface area contributed by atoms with Crippen LogP contribution in [0, 0.1) is 5.41 Å². The van der Waals surface area contributed by atoms with Crippen LogP contribution < -0.4 is 5.32 Å². The summed E-state index contributed by atoms with van der Waals surface area (Å²) in [5.74, 6) is -1.66. The van der Waals surface area contributed by atoms with Crippen molar-refractivity contribution >= 4 is 17.8 Å². The fourth-order valence-corrected chi connectivity index (χ4v) is 1.34. The Morgan fingerprint density at radius 1 is 1.31 bits per heavy atom. The summed E-state index contributed by atoms with van der Waals surface area (Å²) in [5.41, 5.74) is -1.22. The SMILES string of the molecule is CN(C)C(=O)CCNC(=O)C1(C(=O)O)CC1. The molecule has 90 valence electrons. The van der Waals surface area contributed by atoms with Gasteiger partial charge in [-0.15, -0.1) is 0 Å². The van der Waals surface area contributed by atoms with Gasteiger partial charge in [0.25, 0.3) is 0 Å². The number of hydrogen-bond acceptors (Lipinski definition) is 3. The zero-order valence-corrected chi connectivity index (χ0v) is 9.45. The predicted octanol–water partition coefficient (Wildman–Crippen LogP) is -0.554. The van der Waals surface area contributed by atoms with Gasteiger partial charge in [0.1, 0.15) is 5.41 Å². The lowest BCUT2D eigenvalue weighted by Crippen LogP contribution is -2.38. The van der Waals surface area contributed by atoms with Crippen molar-refractivity contribution in [3.63, 3.8) is 0 Å². The Bertz CT molecular complexity index is 321. The highest BCUT2D eigenvalue weighted by Gasteiger charge is 2.56. The van der Waals surface area contributed by atoms with Crippen LogP contribution >= 0.6 is 0 Å². The first-order valence-electron chi connectivity index (χ1n) is 5.12. The monoisotopic (exact) mass is 228 g/mol. The minimum Gasteiger partial charge on any atom is -0.480 e. The number of amides is 2. The van der Waals surface area contributed by atoms with E-state index >= 15 is 0 Å². The number of carboxylic acids is 1. The van der Waals surface area contributed by atoms with E-state index in [1.54, 1.807) is 14.1 Å². The van der Waals surface area contributed by atoms with Gasteiger partial charge in [0.05, 0.1) is 0 Å². The Kier molecular flexibility index (Phi) is 3.51. The molecule has 1 aliphatic carbocycles. The molecule has 0 radical (unpaired) electrons. The first-order valence-corrected chi connectivity index (χ1v) is 5.12. The molecule has 0 unspecified atom stereocenters. The van der Waals surface area contributed by atoms with E-state index in [2.05, 4.69) is 5.32 Å². The molecule has 16 heavy (non-hydrogen) atoms. The molecule has 0 bridgehead atoms.